The number of carbonyl (C=O) groups excluding carboxylic acids is 1. The second-order valence-electron chi connectivity index (χ2n) is 7.38. The van der Waals surface area contributed by atoms with Gasteiger partial charge in [-0.05, 0) is 38.5 Å². The predicted octanol–water partition coefficient (Wildman–Crippen LogP) is 4.70. The minimum Gasteiger partial charge on any atom is -0.336 e. The van der Waals surface area contributed by atoms with E-state index in [-0.39, 0.29) is 5.91 Å². The summed E-state index contributed by atoms with van der Waals surface area (Å²) in [5.41, 5.74) is 7.11. The molecule has 4 aromatic rings. The van der Waals surface area contributed by atoms with Crippen LogP contribution in [0.5, 0.6) is 0 Å². The van der Waals surface area contributed by atoms with E-state index in [4.69, 9.17) is 0 Å². The van der Waals surface area contributed by atoms with E-state index in [1.54, 1.807) is 0 Å². The van der Waals surface area contributed by atoms with Gasteiger partial charge in [0.05, 0.1) is 11.2 Å². The molecule has 0 unspecified atom stereocenters. The summed E-state index contributed by atoms with van der Waals surface area (Å²) in [4.78, 5) is 15.3. The largest absolute Gasteiger partial charge is 0.336 e. The van der Waals surface area contributed by atoms with Crippen molar-refractivity contribution >= 4 is 22.5 Å². The van der Waals surface area contributed by atoms with E-state index >= 15 is 0 Å². The summed E-state index contributed by atoms with van der Waals surface area (Å²) in [5, 5.41) is 8.55. The van der Waals surface area contributed by atoms with Crippen LogP contribution in [-0.4, -0.2) is 27.2 Å². The highest BCUT2D eigenvalue weighted by atomic mass is 16.2. The summed E-state index contributed by atoms with van der Waals surface area (Å²) in [5.74, 6) is 0.0616. The van der Waals surface area contributed by atoms with Crippen LogP contribution in [0.25, 0.3) is 22.0 Å². The second-order valence-corrected chi connectivity index (χ2v) is 7.38. The molecule has 0 saturated heterocycles. The highest BCUT2D eigenvalue weighted by Gasteiger charge is 2.27. The number of fused-ring (bicyclic) bond motifs is 3. The number of rotatable bonds is 2. The Morgan fingerprint density at radius 1 is 1.00 bits per heavy atom. The van der Waals surface area contributed by atoms with Gasteiger partial charge in [0, 0.05) is 41.0 Å². The van der Waals surface area contributed by atoms with Gasteiger partial charge in [0.2, 0.25) is 0 Å². The number of amides is 1. The fourth-order valence-corrected chi connectivity index (χ4v) is 4.36. The monoisotopic (exact) mass is 370 g/mol. The predicted molar refractivity (Wildman–Crippen MR) is 112 cm³/mol. The van der Waals surface area contributed by atoms with Crippen molar-refractivity contribution in [3.05, 3.63) is 71.7 Å². The molecule has 5 rings (SSSR count). The molecule has 140 valence electrons. The van der Waals surface area contributed by atoms with E-state index in [0.29, 0.717) is 0 Å². The van der Waals surface area contributed by atoms with Crippen LogP contribution in [0.4, 0.5) is 5.69 Å². The number of para-hydroxylation sites is 2. The normalized spacial score (nSPS) is 14.4. The minimum absolute atomic E-state index is 0.0616. The van der Waals surface area contributed by atoms with E-state index in [9.17, 15) is 4.79 Å². The van der Waals surface area contributed by atoms with Gasteiger partial charge in [-0.1, -0.05) is 36.4 Å². The third kappa shape index (κ3) is 2.47. The third-order valence-electron chi connectivity index (χ3n) is 5.61. The van der Waals surface area contributed by atoms with Crippen LogP contribution in [0.3, 0.4) is 0 Å². The van der Waals surface area contributed by atoms with E-state index in [1.165, 1.54) is 0 Å². The molecular weight excluding hydrogens is 348 g/mol. The van der Waals surface area contributed by atoms with Gasteiger partial charge >= 0.3 is 0 Å². The Morgan fingerprint density at radius 3 is 2.57 bits per heavy atom. The number of aryl methyl sites for hydroxylation is 3. The maximum Gasteiger partial charge on any atom is 0.274 e. The summed E-state index contributed by atoms with van der Waals surface area (Å²) in [6.07, 6.45) is 0.912. The molecule has 5 nitrogen and oxygen atoms in total. The molecule has 3 heterocycles. The number of aromatic nitrogens is 3. The lowest BCUT2D eigenvalue weighted by Gasteiger charge is -2.20. The lowest BCUT2D eigenvalue weighted by Crippen LogP contribution is -2.30. The minimum atomic E-state index is 0.0616. The lowest BCUT2D eigenvalue weighted by atomic mass is 10.0. The van der Waals surface area contributed by atoms with Crippen molar-refractivity contribution in [2.24, 2.45) is 0 Å². The van der Waals surface area contributed by atoms with Crippen LogP contribution in [0.2, 0.25) is 0 Å². The Bertz CT molecular complexity index is 1170. The van der Waals surface area contributed by atoms with Crippen molar-refractivity contribution in [3.63, 3.8) is 0 Å². The maximum atomic E-state index is 13.4. The Labute approximate surface area is 163 Å². The molecule has 1 amide bonds. The van der Waals surface area contributed by atoms with Crippen molar-refractivity contribution in [2.45, 2.75) is 26.8 Å². The van der Waals surface area contributed by atoms with Gasteiger partial charge in [0.25, 0.3) is 5.91 Å². The summed E-state index contributed by atoms with van der Waals surface area (Å²) >= 11 is 0. The first-order chi connectivity index (χ1) is 13.6. The Kier molecular flexibility index (Phi) is 3.83. The van der Waals surface area contributed by atoms with Crippen molar-refractivity contribution < 1.29 is 4.79 Å². The number of carbonyl (C=O) groups is 1. The molecule has 1 N–H and O–H groups in total. The molecule has 0 bridgehead atoms. The molecule has 1 aliphatic rings. The van der Waals surface area contributed by atoms with Gasteiger partial charge in [-0.2, -0.15) is 5.10 Å². The number of H-pyrrole nitrogens is 1. The lowest BCUT2D eigenvalue weighted by molar-refractivity contribution is 0.0984. The SMILES string of the molecule is Cc1n[nH]c(C)c1-c1cccc2cc3n(c12)CCCN(c1ccccc1)C3=O. The van der Waals surface area contributed by atoms with Crippen LogP contribution in [-0.2, 0) is 6.54 Å². The summed E-state index contributed by atoms with van der Waals surface area (Å²) in [6, 6.07) is 18.2. The topological polar surface area (TPSA) is 53.9 Å². The summed E-state index contributed by atoms with van der Waals surface area (Å²) in [6.45, 7) is 5.60. The molecule has 1 aliphatic heterocycles. The highest BCUT2D eigenvalue weighted by Crippen LogP contribution is 2.35. The van der Waals surface area contributed by atoms with E-state index in [2.05, 4.69) is 33.0 Å². The number of aromatic amines is 1. The zero-order valence-corrected chi connectivity index (χ0v) is 16.1. The maximum absolute atomic E-state index is 13.4. The van der Waals surface area contributed by atoms with E-state index in [0.717, 1.165) is 64.3 Å². The van der Waals surface area contributed by atoms with Crippen LogP contribution >= 0.6 is 0 Å². The van der Waals surface area contributed by atoms with Gasteiger partial charge in [-0.25, -0.2) is 0 Å². The number of hydrogen-bond acceptors (Lipinski definition) is 2. The van der Waals surface area contributed by atoms with Gasteiger partial charge < -0.3 is 9.47 Å². The Morgan fingerprint density at radius 2 is 1.82 bits per heavy atom. The highest BCUT2D eigenvalue weighted by molar-refractivity contribution is 6.10. The fourth-order valence-electron chi connectivity index (χ4n) is 4.36. The number of hydrogen-bond donors (Lipinski definition) is 1. The molecule has 0 atom stereocenters. The molecule has 0 spiro atoms. The molecular formula is C23H22N4O. The zero-order valence-electron chi connectivity index (χ0n) is 16.1. The van der Waals surface area contributed by atoms with Crippen LogP contribution in [0, 0.1) is 13.8 Å². The van der Waals surface area contributed by atoms with Crippen LogP contribution in [0.1, 0.15) is 28.3 Å². The average molecular weight is 370 g/mol. The Hall–Kier alpha value is -3.34. The fraction of sp³-hybridized carbons (Fsp3) is 0.217. The smallest absolute Gasteiger partial charge is 0.274 e. The first-order valence-electron chi connectivity index (χ1n) is 9.66. The average Bonchev–Trinajstić information content (AvgIpc) is 3.20. The molecule has 28 heavy (non-hydrogen) atoms. The van der Waals surface area contributed by atoms with Crippen LogP contribution in [0.15, 0.2) is 54.6 Å². The number of benzene rings is 2. The summed E-state index contributed by atoms with van der Waals surface area (Å²) in [7, 11) is 0. The first-order valence-corrected chi connectivity index (χ1v) is 9.66. The van der Waals surface area contributed by atoms with Crippen molar-refractivity contribution in [3.8, 4) is 11.1 Å². The van der Waals surface area contributed by atoms with Crippen molar-refractivity contribution in [1.29, 1.82) is 0 Å². The molecule has 2 aromatic carbocycles. The second kappa shape index (κ2) is 6.37. The molecule has 0 aliphatic carbocycles. The third-order valence-corrected chi connectivity index (χ3v) is 5.61. The Balaban J connectivity index is 1.71. The van der Waals surface area contributed by atoms with E-state index < -0.39 is 0 Å². The van der Waals surface area contributed by atoms with Crippen molar-refractivity contribution in [2.75, 3.05) is 11.4 Å². The zero-order chi connectivity index (χ0) is 19.3. The van der Waals surface area contributed by atoms with Crippen LogP contribution < -0.4 is 4.90 Å². The number of nitrogens with zero attached hydrogens (tertiary/aromatic N) is 3. The molecule has 0 radical (unpaired) electrons. The van der Waals surface area contributed by atoms with Crippen molar-refractivity contribution in [1.82, 2.24) is 14.8 Å². The van der Waals surface area contributed by atoms with Gasteiger partial charge in [-0.15, -0.1) is 0 Å². The van der Waals surface area contributed by atoms with Gasteiger partial charge in [0.1, 0.15) is 5.69 Å². The van der Waals surface area contributed by atoms with Gasteiger partial charge in [0.15, 0.2) is 0 Å². The quantitative estimate of drug-likeness (QED) is 0.556. The first kappa shape index (κ1) is 16.8. The standard InChI is InChI=1S/C23H22N4O/c1-15-21(16(2)25-24-15)19-11-6-8-17-14-20-23(28)26(18-9-4-3-5-10-18)12-7-13-27(20)22(17)19/h3-6,8-11,14H,7,12-13H2,1-2H3,(H,24,25). The summed E-state index contributed by atoms with van der Waals surface area (Å²) < 4.78 is 2.20. The molecule has 5 heteroatoms. The molecule has 0 fully saturated rings. The molecule has 0 saturated carbocycles. The number of anilines is 1. The van der Waals surface area contributed by atoms with Gasteiger partial charge in [-0.3, -0.25) is 9.89 Å². The molecule has 2 aromatic heterocycles. The van der Waals surface area contributed by atoms with E-state index in [1.807, 2.05) is 55.1 Å². The number of nitrogens with one attached hydrogen (secondary N) is 1.